The Labute approximate surface area is 110 Å². The summed E-state index contributed by atoms with van der Waals surface area (Å²) < 4.78 is 2.19. The Morgan fingerprint density at radius 2 is 2.50 bits per heavy atom. The van der Waals surface area contributed by atoms with Gasteiger partial charge < -0.3 is 14.8 Å². The summed E-state index contributed by atoms with van der Waals surface area (Å²) in [7, 11) is 0. The number of nitrogens with one attached hydrogen (secondary N) is 1. The predicted molar refractivity (Wildman–Crippen MR) is 76.1 cm³/mol. The third kappa shape index (κ3) is 2.75. The first kappa shape index (κ1) is 13.1. The number of imidazole rings is 1. The average Bonchev–Trinajstić information content (AvgIpc) is 2.73. The van der Waals surface area contributed by atoms with Crippen molar-refractivity contribution in [3.05, 3.63) is 24.5 Å². The Bertz CT molecular complexity index is 390. The SMILES string of the molecule is C=CCn1cc(C)nc1N(CC)C1CCCNC1. The summed E-state index contributed by atoms with van der Waals surface area (Å²) in [4.78, 5) is 7.11. The zero-order chi connectivity index (χ0) is 13.0. The van der Waals surface area contributed by atoms with Crippen molar-refractivity contribution in [2.45, 2.75) is 39.3 Å². The monoisotopic (exact) mass is 248 g/mol. The quantitative estimate of drug-likeness (QED) is 0.809. The summed E-state index contributed by atoms with van der Waals surface area (Å²) in [6.07, 6.45) is 6.54. The van der Waals surface area contributed by atoms with E-state index in [4.69, 9.17) is 0 Å². The summed E-state index contributed by atoms with van der Waals surface area (Å²) in [5.74, 6) is 1.09. The van der Waals surface area contributed by atoms with Crippen LogP contribution >= 0.6 is 0 Å². The molecule has 1 fully saturated rings. The van der Waals surface area contributed by atoms with Crippen LogP contribution < -0.4 is 10.2 Å². The molecule has 1 saturated heterocycles. The molecule has 0 saturated carbocycles. The third-order valence-electron chi connectivity index (χ3n) is 3.51. The lowest BCUT2D eigenvalue weighted by molar-refractivity contribution is 0.428. The summed E-state index contributed by atoms with van der Waals surface area (Å²) in [6, 6.07) is 0.564. The van der Waals surface area contributed by atoms with Crippen molar-refractivity contribution in [1.29, 1.82) is 0 Å². The maximum Gasteiger partial charge on any atom is 0.206 e. The molecule has 2 heterocycles. The highest BCUT2D eigenvalue weighted by Gasteiger charge is 2.23. The zero-order valence-corrected chi connectivity index (χ0v) is 11.5. The van der Waals surface area contributed by atoms with Gasteiger partial charge in [-0.3, -0.25) is 0 Å². The van der Waals surface area contributed by atoms with Gasteiger partial charge in [0.1, 0.15) is 0 Å². The highest BCUT2D eigenvalue weighted by atomic mass is 15.3. The molecule has 2 rings (SSSR count). The maximum atomic E-state index is 4.69. The second kappa shape index (κ2) is 6.05. The Morgan fingerprint density at radius 1 is 1.67 bits per heavy atom. The van der Waals surface area contributed by atoms with Crippen molar-refractivity contribution in [2.75, 3.05) is 24.5 Å². The van der Waals surface area contributed by atoms with Crippen LogP contribution in [0.1, 0.15) is 25.5 Å². The van der Waals surface area contributed by atoms with Crippen LogP contribution in [0.4, 0.5) is 5.95 Å². The molecule has 1 aromatic heterocycles. The lowest BCUT2D eigenvalue weighted by atomic mass is 10.1. The first-order valence-corrected chi connectivity index (χ1v) is 6.88. The first-order chi connectivity index (χ1) is 8.76. The molecular weight excluding hydrogens is 224 g/mol. The molecule has 0 bridgehead atoms. The molecule has 0 aliphatic carbocycles. The number of anilines is 1. The molecule has 18 heavy (non-hydrogen) atoms. The van der Waals surface area contributed by atoms with E-state index in [1.165, 1.54) is 12.8 Å². The molecule has 0 amide bonds. The normalized spacial score (nSPS) is 19.8. The lowest BCUT2D eigenvalue weighted by Crippen LogP contribution is -2.47. The Morgan fingerprint density at radius 3 is 3.11 bits per heavy atom. The van der Waals surface area contributed by atoms with E-state index >= 15 is 0 Å². The van der Waals surface area contributed by atoms with Crippen LogP contribution in [0.25, 0.3) is 0 Å². The smallest absolute Gasteiger partial charge is 0.206 e. The van der Waals surface area contributed by atoms with E-state index in [0.717, 1.165) is 37.8 Å². The minimum atomic E-state index is 0.564. The van der Waals surface area contributed by atoms with E-state index in [1.54, 1.807) is 0 Å². The Hall–Kier alpha value is -1.29. The van der Waals surface area contributed by atoms with Crippen LogP contribution in [0.5, 0.6) is 0 Å². The van der Waals surface area contributed by atoms with Gasteiger partial charge in [0.05, 0.1) is 5.69 Å². The predicted octanol–water partition coefficient (Wildman–Crippen LogP) is 1.96. The van der Waals surface area contributed by atoms with Gasteiger partial charge in [-0.1, -0.05) is 6.08 Å². The van der Waals surface area contributed by atoms with Gasteiger partial charge in [0, 0.05) is 31.9 Å². The summed E-state index contributed by atoms with van der Waals surface area (Å²) in [5, 5.41) is 3.48. The lowest BCUT2D eigenvalue weighted by Gasteiger charge is -2.34. The largest absolute Gasteiger partial charge is 0.338 e. The molecule has 1 unspecified atom stereocenters. The Balaban J connectivity index is 2.22. The van der Waals surface area contributed by atoms with Crippen LogP contribution in [0.3, 0.4) is 0 Å². The number of rotatable bonds is 5. The Kier molecular flexibility index (Phi) is 4.42. The zero-order valence-electron chi connectivity index (χ0n) is 11.5. The summed E-state index contributed by atoms with van der Waals surface area (Å²) in [5.41, 5.74) is 1.08. The number of hydrogen-bond acceptors (Lipinski definition) is 3. The number of aromatic nitrogens is 2. The van der Waals surface area contributed by atoms with E-state index in [9.17, 15) is 0 Å². The van der Waals surface area contributed by atoms with E-state index < -0.39 is 0 Å². The molecule has 0 aromatic carbocycles. The van der Waals surface area contributed by atoms with E-state index in [1.807, 2.05) is 6.08 Å². The van der Waals surface area contributed by atoms with Crippen LogP contribution in [0.2, 0.25) is 0 Å². The molecule has 1 aliphatic heterocycles. The highest BCUT2D eigenvalue weighted by molar-refractivity contribution is 5.35. The molecule has 1 aliphatic rings. The van der Waals surface area contributed by atoms with Crippen LogP contribution in [0.15, 0.2) is 18.9 Å². The van der Waals surface area contributed by atoms with Gasteiger partial charge in [-0.15, -0.1) is 6.58 Å². The van der Waals surface area contributed by atoms with Gasteiger partial charge in [-0.05, 0) is 33.2 Å². The van der Waals surface area contributed by atoms with Crippen LogP contribution in [-0.2, 0) is 6.54 Å². The van der Waals surface area contributed by atoms with Crippen molar-refractivity contribution >= 4 is 5.95 Å². The van der Waals surface area contributed by atoms with Gasteiger partial charge in [0.25, 0.3) is 0 Å². The number of piperidine rings is 1. The van der Waals surface area contributed by atoms with Gasteiger partial charge in [0.2, 0.25) is 5.95 Å². The van der Waals surface area contributed by atoms with Crippen molar-refractivity contribution < 1.29 is 0 Å². The number of nitrogens with zero attached hydrogens (tertiary/aromatic N) is 3. The summed E-state index contributed by atoms with van der Waals surface area (Å²) >= 11 is 0. The van der Waals surface area contributed by atoms with E-state index in [2.05, 4.69) is 46.4 Å². The molecule has 4 nitrogen and oxygen atoms in total. The van der Waals surface area contributed by atoms with Crippen LogP contribution in [0, 0.1) is 6.92 Å². The fourth-order valence-electron chi connectivity index (χ4n) is 2.70. The summed E-state index contributed by atoms with van der Waals surface area (Å²) in [6.45, 7) is 12.1. The molecule has 1 aromatic rings. The molecule has 1 N–H and O–H groups in total. The van der Waals surface area contributed by atoms with Crippen molar-refractivity contribution in [2.24, 2.45) is 0 Å². The van der Waals surface area contributed by atoms with E-state index in [-0.39, 0.29) is 0 Å². The van der Waals surface area contributed by atoms with Gasteiger partial charge in [-0.25, -0.2) is 4.98 Å². The molecule has 0 radical (unpaired) electrons. The van der Waals surface area contributed by atoms with Crippen molar-refractivity contribution in [3.63, 3.8) is 0 Å². The molecule has 100 valence electrons. The minimum absolute atomic E-state index is 0.564. The molecule has 4 heteroatoms. The number of likely N-dealkylation sites (N-methyl/N-ethyl adjacent to an activating group) is 1. The second-order valence-electron chi connectivity index (χ2n) is 4.91. The van der Waals surface area contributed by atoms with Gasteiger partial charge >= 0.3 is 0 Å². The third-order valence-corrected chi connectivity index (χ3v) is 3.51. The topological polar surface area (TPSA) is 33.1 Å². The van der Waals surface area contributed by atoms with E-state index in [0.29, 0.717) is 6.04 Å². The second-order valence-corrected chi connectivity index (χ2v) is 4.91. The average molecular weight is 248 g/mol. The molecular formula is C14H24N4. The van der Waals surface area contributed by atoms with Crippen LogP contribution in [-0.4, -0.2) is 35.2 Å². The van der Waals surface area contributed by atoms with Crippen molar-refractivity contribution in [3.8, 4) is 0 Å². The standard InChI is InChI=1S/C14H24N4/c1-4-9-17-11-12(3)16-14(17)18(5-2)13-7-6-8-15-10-13/h4,11,13,15H,1,5-10H2,2-3H3. The van der Waals surface area contributed by atoms with Gasteiger partial charge in [-0.2, -0.15) is 0 Å². The molecule has 1 atom stereocenters. The van der Waals surface area contributed by atoms with Gasteiger partial charge in [0.15, 0.2) is 0 Å². The first-order valence-electron chi connectivity index (χ1n) is 6.88. The number of allylic oxidation sites excluding steroid dienone is 1. The fourth-order valence-corrected chi connectivity index (χ4v) is 2.70. The minimum Gasteiger partial charge on any atom is -0.338 e. The number of aryl methyl sites for hydroxylation is 1. The highest BCUT2D eigenvalue weighted by Crippen LogP contribution is 2.20. The number of hydrogen-bond donors (Lipinski definition) is 1. The fraction of sp³-hybridized carbons (Fsp3) is 0.643. The molecule has 0 spiro atoms. The maximum absolute atomic E-state index is 4.69. The van der Waals surface area contributed by atoms with Crippen molar-refractivity contribution in [1.82, 2.24) is 14.9 Å².